The van der Waals surface area contributed by atoms with Crippen LogP contribution in [0, 0.1) is 13.8 Å². The summed E-state index contributed by atoms with van der Waals surface area (Å²) in [5.74, 6) is 0. The van der Waals surface area contributed by atoms with Gasteiger partial charge in [0.05, 0.1) is 15.9 Å². The molecule has 0 amide bonds. The van der Waals surface area contributed by atoms with Gasteiger partial charge in [-0.05, 0) is 60.0 Å². The van der Waals surface area contributed by atoms with Crippen molar-refractivity contribution in [2.75, 3.05) is 0 Å². The predicted molar refractivity (Wildman–Crippen MR) is 89.8 cm³/mol. The van der Waals surface area contributed by atoms with E-state index < -0.39 is 0 Å². The molecular formula is C18H14N2S. The minimum Gasteiger partial charge on any atom is -0.256 e. The Labute approximate surface area is 127 Å². The number of hydrogen-bond acceptors (Lipinski definition) is 3. The van der Waals surface area contributed by atoms with E-state index in [4.69, 9.17) is 0 Å². The van der Waals surface area contributed by atoms with E-state index in [1.807, 2.05) is 12.4 Å². The lowest BCUT2D eigenvalue weighted by Gasteiger charge is -2.08. The highest BCUT2D eigenvalue weighted by Gasteiger charge is 2.11. The average molecular weight is 290 g/mol. The van der Waals surface area contributed by atoms with E-state index in [1.165, 1.54) is 26.6 Å². The molecule has 4 rings (SSSR count). The Kier molecular flexibility index (Phi) is 2.76. The zero-order valence-electron chi connectivity index (χ0n) is 11.9. The first-order chi connectivity index (χ1) is 10.2. The van der Waals surface area contributed by atoms with Crippen molar-refractivity contribution in [3.63, 3.8) is 0 Å². The second-order valence-electron chi connectivity index (χ2n) is 5.39. The maximum absolute atomic E-state index is 4.67. The second-order valence-corrected chi connectivity index (χ2v) is 6.31. The Morgan fingerprint density at radius 2 is 1.76 bits per heavy atom. The number of fused-ring (bicyclic) bond motifs is 3. The lowest BCUT2D eigenvalue weighted by atomic mass is 10.0. The second kappa shape index (κ2) is 4.64. The van der Waals surface area contributed by atoms with Crippen molar-refractivity contribution in [3.8, 4) is 11.3 Å². The molecule has 0 radical (unpaired) electrons. The molecule has 0 aliphatic carbocycles. The summed E-state index contributed by atoms with van der Waals surface area (Å²) in [4.78, 5) is 9.26. The van der Waals surface area contributed by atoms with Crippen LogP contribution in [-0.2, 0) is 0 Å². The smallest absolute Gasteiger partial charge is 0.0887 e. The van der Waals surface area contributed by atoms with Crippen molar-refractivity contribution < 1.29 is 0 Å². The molecule has 102 valence electrons. The number of aromatic nitrogens is 2. The van der Waals surface area contributed by atoms with Gasteiger partial charge in [0.1, 0.15) is 0 Å². The highest BCUT2D eigenvalue weighted by molar-refractivity contribution is 7.18. The van der Waals surface area contributed by atoms with Gasteiger partial charge in [-0.15, -0.1) is 11.3 Å². The molecule has 0 saturated heterocycles. The van der Waals surface area contributed by atoms with E-state index >= 15 is 0 Å². The number of rotatable bonds is 1. The molecule has 3 aromatic heterocycles. The fourth-order valence-electron chi connectivity index (χ4n) is 2.65. The van der Waals surface area contributed by atoms with Crippen LogP contribution in [0.15, 0.2) is 48.1 Å². The molecule has 21 heavy (non-hydrogen) atoms. The van der Waals surface area contributed by atoms with E-state index in [0.717, 1.165) is 16.8 Å². The topological polar surface area (TPSA) is 25.8 Å². The van der Waals surface area contributed by atoms with Crippen molar-refractivity contribution in [3.05, 3.63) is 59.2 Å². The standard InChI is InChI=1S/C18H14N2S/c1-11-3-4-16(19-9-11)14-8-13-5-6-21-18(13)17-15(14)7-12(2)10-20-17/h3-10H,1-2H3. The molecule has 0 fully saturated rings. The lowest BCUT2D eigenvalue weighted by Crippen LogP contribution is -1.89. The van der Waals surface area contributed by atoms with E-state index in [0.29, 0.717) is 0 Å². The van der Waals surface area contributed by atoms with Crippen LogP contribution < -0.4 is 0 Å². The van der Waals surface area contributed by atoms with Gasteiger partial charge in [-0.1, -0.05) is 6.07 Å². The maximum Gasteiger partial charge on any atom is 0.0887 e. The first-order valence-corrected chi connectivity index (χ1v) is 7.80. The molecule has 4 aromatic rings. The number of benzene rings is 1. The molecule has 1 aromatic carbocycles. The van der Waals surface area contributed by atoms with Crippen LogP contribution in [-0.4, -0.2) is 9.97 Å². The van der Waals surface area contributed by atoms with E-state index in [2.05, 4.69) is 59.5 Å². The Balaban J connectivity index is 2.14. The van der Waals surface area contributed by atoms with Gasteiger partial charge in [0.25, 0.3) is 0 Å². The van der Waals surface area contributed by atoms with Crippen LogP contribution in [0.25, 0.3) is 32.2 Å². The van der Waals surface area contributed by atoms with Gasteiger partial charge in [-0.25, -0.2) is 0 Å². The zero-order valence-corrected chi connectivity index (χ0v) is 12.7. The Hall–Kier alpha value is -2.26. The third kappa shape index (κ3) is 2.01. The lowest BCUT2D eigenvalue weighted by molar-refractivity contribution is 1.27. The van der Waals surface area contributed by atoms with E-state index in [9.17, 15) is 0 Å². The summed E-state index contributed by atoms with van der Waals surface area (Å²) in [5, 5.41) is 4.54. The molecule has 2 nitrogen and oxygen atoms in total. The summed E-state index contributed by atoms with van der Waals surface area (Å²) in [6, 6.07) is 10.8. The molecule has 3 heteroatoms. The van der Waals surface area contributed by atoms with Gasteiger partial charge < -0.3 is 0 Å². The number of thiophene rings is 1. The molecule has 0 spiro atoms. The third-order valence-corrected chi connectivity index (χ3v) is 4.65. The fraction of sp³-hybridized carbons (Fsp3) is 0.111. The van der Waals surface area contributed by atoms with Gasteiger partial charge in [0.15, 0.2) is 0 Å². The monoisotopic (exact) mass is 290 g/mol. The Bertz CT molecular complexity index is 952. The summed E-state index contributed by atoms with van der Waals surface area (Å²) in [6.45, 7) is 4.14. The van der Waals surface area contributed by atoms with Crippen LogP contribution in [0.1, 0.15) is 11.1 Å². The Morgan fingerprint density at radius 1 is 0.905 bits per heavy atom. The van der Waals surface area contributed by atoms with Gasteiger partial charge >= 0.3 is 0 Å². The van der Waals surface area contributed by atoms with Gasteiger partial charge in [0.2, 0.25) is 0 Å². The molecular weight excluding hydrogens is 276 g/mol. The van der Waals surface area contributed by atoms with E-state index in [1.54, 1.807) is 11.3 Å². The van der Waals surface area contributed by atoms with Crippen LogP contribution >= 0.6 is 11.3 Å². The van der Waals surface area contributed by atoms with Crippen LogP contribution in [0.5, 0.6) is 0 Å². The molecule has 3 heterocycles. The normalized spacial score (nSPS) is 11.3. The number of pyridine rings is 2. The van der Waals surface area contributed by atoms with Crippen LogP contribution in [0.2, 0.25) is 0 Å². The van der Waals surface area contributed by atoms with Gasteiger partial charge in [-0.2, -0.15) is 0 Å². The van der Waals surface area contributed by atoms with Crippen molar-refractivity contribution in [2.45, 2.75) is 13.8 Å². The minimum atomic E-state index is 1.01. The van der Waals surface area contributed by atoms with Crippen molar-refractivity contribution >= 4 is 32.3 Å². The summed E-state index contributed by atoms with van der Waals surface area (Å²) in [6.07, 6.45) is 3.86. The maximum atomic E-state index is 4.67. The highest BCUT2D eigenvalue weighted by atomic mass is 32.1. The van der Waals surface area contributed by atoms with Crippen molar-refractivity contribution in [1.29, 1.82) is 0 Å². The Morgan fingerprint density at radius 3 is 2.57 bits per heavy atom. The van der Waals surface area contributed by atoms with E-state index in [-0.39, 0.29) is 0 Å². The fourth-order valence-corrected chi connectivity index (χ4v) is 3.54. The molecule has 0 N–H and O–H groups in total. The zero-order chi connectivity index (χ0) is 14.4. The summed E-state index contributed by atoms with van der Waals surface area (Å²) >= 11 is 1.75. The average Bonchev–Trinajstić information content (AvgIpc) is 2.95. The molecule has 0 unspecified atom stereocenters. The third-order valence-electron chi connectivity index (χ3n) is 3.71. The number of aryl methyl sites for hydroxylation is 2. The molecule has 0 atom stereocenters. The first kappa shape index (κ1) is 12.5. The highest BCUT2D eigenvalue weighted by Crippen LogP contribution is 2.35. The van der Waals surface area contributed by atoms with Crippen molar-refractivity contribution in [2.24, 2.45) is 0 Å². The van der Waals surface area contributed by atoms with Crippen LogP contribution in [0.4, 0.5) is 0 Å². The SMILES string of the molecule is Cc1ccc(-c2cc3ccsc3c3ncc(C)cc23)nc1. The van der Waals surface area contributed by atoms with Crippen molar-refractivity contribution in [1.82, 2.24) is 9.97 Å². The first-order valence-electron chi connectivity index (χ1n) is 6.92. The quantitative estimate of drug-likeness (QED) is 0.486. The summed E-state index contributed by atoms with van der Waals surface area (Å²) in [7, 11) is 0. The predicted octanol–water partition coefficient (Wildman–Crippen LogP) is 5.13. The molecule has 0 bridgehead atoms. The molecule has 0 saturated carbocycles. The minimum absolute atomic E-state index is 1.01. The van der Waals surface area contributed by atoms with Gasteiger partial charge in [0, 0.05) is 23.3 Å². The molecule has 0 aliphatic rings. The number of hydrogen-bond donors (Lipinski definition) is 0. The summed E-state index contributed by atoms with van der Waals surface area (Å²) in [5.41, 5.74) is 5.59. The van der Waals surface area contributed by atoms with Gasteiger partial charge in [-0.3, -0.25) is 9.97 Å². The molecule has 0 aliphatic heterocycles. The summed E-state index contributed by atoms with van der Waals surface area (Å²) < 4.78 is 1.25. The van der Waals surface area contributed by atoms with Crippen LogP contribution in [0.3, 0.4) is 0 Å². The largest absolute Gasteiger partial charge is 0.256 e. The number of nitrogens with zero attached hydrogens (tertiary/aromatic N) is 2.